The van der Waals surface area contributed by atoms with Crippen molar-refractivity contribution in [2.75, 3.05) is 13.1 Å². The van der Waals surface area contributed by atoms with Crippen LogP contribution >= 0.6 is 0 Å². The minimum absolute atomic E-state index is 0.555. The lowest BCUT2D eigenvalue weighted by Gasteiger charge is -2.25. The van der Waals surface area contributed by atoms with E-state index in [1.54, 1.807) is 0 Å². The maximum absolute atomic E-state index is 8.13. The molecule has 2 atom stereocenters. The number of amidine groups is 1. The van der Waals surface area contributed by atoms with Crippen molar-refractivity contribution in [2.45, 2.75) is 46.5 Å². The molecule has 1 saturated carbocycles. The Morgan fingerprint density at radius 3 is 2.29 bits per heavy atom. The van der Waals surface area contributed by atoms with Crippen molar-refractivity contribution in [2.24, 2.45) is 11.8 Å². The monoisotopic (exact) mass is 196 g/mol. The molecule has 0 heterocycles. The van der Waals surface area contributed by atoms with Crippen LogP contribution < -0.4 is 0 Å². The van der Waals surface area contributed by atoms with E-state index in [4.69, 9.17) is 5.41 Å². The van der Waals surface area contributed by atoms with E-state index in [-0.39, 0.29) is 0 Å². The van der Waals surface area contributed by atoms with Crippen LogP contribution in [0.4, 0.5) is 0 Å². The number of nitrogens with zero attached hydrogens (tertiary/aromatic N) is 1. The largest absolute Gasteiger partial charge is 0.361 e. The Labute approximate surface area is 88.2 Å². The Kier molecular flexibility index (Phi) is 4.43. The molecule has 0 aromatic rings. The molecular formula is C12H24N2. The summed E-state index contributed by atoms with van der Waals surface area (Å²) in [4.78, 5) is 2.20. The van der Waals surface area contributed by atoms with Crippen LogP contribution in [0.25, 0.3) is 0 Å². The smallest absolute Gasteiger partial charge is 0.0989 e. The zero-order chi connectivity index (χ0) is 10.6. The first kappa shape index (κ1) is 11.5. The minimum atomic E-state index is 0.555. The fourth-order valence-electron chi connectivity index (χ4n) is 2.52. The highest BCUT2D eigenvalue weighted by Gasteiger charge is 2.28. The first-order valence-corrected chi connectivity index (χ1v) is 6.06. The molecule has 0 aromatic carbocycles. The number of hydrogen-bond acceptors (Lipinski definition) is 1. The summed E-state index contributed by atoms with van der Waals surface area (Å²) in [5.74, 6) is 2.33. The topological polar surface area (TPSA) is 27.1 Å². The number of nitrogens with one attached hydrogen (secondary N) is 1. The quantitative estimate of drug-likeness (QED) is 0.543. The summed E-state index contributed by atoms with van der Waals surface area (Å²) in [5.41, 5.74) is 0. The van der Waals surface area contributed by atoms with E-state index in [2.05, 4.69) is 25.7 Å². The fourth-order valence-corrected chi connectivity index (χ4v) is 2.52. The van der Waals surface area contributed by atoms with Crippen LogP contribution in [0, 0.1) is 17.2 Å². The maximum atomic E-state index is 8.13. The highest BCUT2D eigenvalue weighted by atomic mass is 15.2. The molecule has 0 amide bonds. The standard InChI is InChI=1S/C12H24N2/c1-4-10-7-8-11(9-10)12(13)14(5-2)6-3/h10-11,13H,4-9H2,1-3H3. The molecule has 1 aliphatic carbocycles. The maximum Gasteiger partial charge on any atom is 0.0989 e. The van der Waals surface area contributed by atoms with Gasteiger partial charge in [-0.25, -0.2) is 0 Å². The Morgan fingerprint density at radius 2 is 1.86 bits per heavy atom. The van der Waals surface area contributed by atoms with Crippen molar-refractivity contribution in [3.05, 3.63) is 0 Å². The molecule has 0 aliphatic heterocycles. The van der Waals surface area contributed by atoms with Gasteiger partial charge in [0.1, 0.15) is 0 Å². The first-order chi connectivity index (χ1) is 6.72. The molecule has 2 heteroatoms. The van der Waals surface area contributed by atoms with Crippen molar-refractivity contribution < 1.29 is 0 Å². The summed E-state index contributed by atoms with van der Waals surface area (Å²) < 4.78 is 0. The van der Waals surface area contributed by atoms with Gasteiger partial charge in [-0.3, -0.25) is 5.41 Å². The normalized spacial score (nSPS) is 26.5. The first-order valence-electron chi connectivity index (χ1n) is 6.06. The van der Waals surface area contributed by atoms with Crippen molar-refractivity contribution >= 4 is 5.84 Å². The molecule has 0 saturated heterocycles. The van der Waals surface area contributed by atoms with Crippen LogP contribution in [0.3, 0.4) is 0 Å². The Balaban J connectivity index is 2.45. The average Bonchev–Trinajstić information content (AvgIpc) is 2.67. The fraction of sp³-hybridized carbons (Fsp3) is 0.917. The lowest BCUT2D eigenvalue weighted by molar-refractivity contribution is 0.422. The van der Waals surface area contributed by atoms with E-state index in [1.807, 2.05) is 0 Å². The second kappa shape index (κ2) is 5.38. The molecule has 0 bridgehead atoms. The summed E-state index contributed by atoms with van der Waals surface area (Å²) >= 11 is 0. The highest BCUT2D eigenvalue weighted by Crippen LogP contribution is 2.33. The third kappa shape index (κ3) is 2.49. The van der Waals surface area contributed by atoms with Gasteiger partial charge in [0.05, 0.1) is 5.84 Å². The van der Waals surface area contributed by atoms with Gasteiger partial charge in [0.15, 0.2) is 0 Å². The average molecular weight is 196 g/mol. The summed E-state index contributed by atoms with van der Waals surface area (Å²) in [6.07, 6.45) is 5.13. The van der Waals surface area contributed by atoms with Gasteiger partial charge in [0.2, 0.25) is 0 Å². The molecule has 1 rings (SSSR count). The molecule has 2 unspecified atom stereocenters. The highest BCUT2D eigenvalue weighted by molar-refractivity contribution is 5.81. The molecule has 14 heavy (non-hydrogen) atoms. The second-order valence-corrected chi connectivity index (χ2v) is 4.34. The van der Waals surface area contributed by atoms with E-state index in [0.29, 0.717) is 5.92 Å². The van der Waals surface area contributed by atoms with E-state index in [1.165, 1.54) is 25.7 Å². The number of rotatable bonds is 4. The van der Waals surface area contributed by atoms with Crippen molar-refractivity contribution in [3.8, 4) is 0 Å². The third-order valence-electron chi connectivity index (χ3n) is 3.61. The van der Waals surface area contributed by atoms with Crippen LogP contribution in [0.2, 0.25) is 0 Å². The van der Waals surface area contributed by atoms with Gasteiger partial charge in [-0.15, -0.1) is 0 Å². The summed E-state index contributed by atoms with van der Waals surface area (Å²) in [6.45, 7) is 8.54. The molecule has 0 aromatic heterocycles. The minimum Gasteiger partial charge on any atom is -0.361 e. The SMILES string of the molecule is CCC1CCC(C(=N)N(CC)CC)C1. The van der Waals surface area contributed by atoms with Gasteiger partial charge < -0.3 is 4.90 Å². The van der Waals surface area contributed by atoms with Gasteiger partial charge in [-0.1, -0.05) is 13.3 Å². The molecular weight excluding hydrogens is 172 g/mol. The second-order valence-electron chi connectivity index (χ2n) is 4.34. The zero-order valence-corrected chi connectivity index (χ0v) is 9.84. The van der Waals surface area contributed by atoms with E-state index in [0.717, 1.165) is 24.8 Å². The molecule has 0 spiro atoms. The summed E-state index contributed by atoms with van der Waals surface area (Å²) in [7, 11) is 0. The summed E-state index contributed by atoms with van der Waals surface area (Å²) in [6, 6.07) is 0. The van der Waals surface area contributed by atoms with Crippen LogP contribution in [0.5, 0.6) is 0 Å². The molecule has 1 fully saturated rings. The Morgan fingerprint density at radius 1 is 1.21 bits per heavy atom. The van der Waals surface area contributed by atoms with Crippen LogP contribution in [0.1, 0.15) is 46.5 Å². The van der Waals surface area contributed by atoms with Gasteiger partial charge in [-0.05, 0) is 39.0 Å². The van der Waals surface area contributed by atoms with Gasteiger partial charge >= 0.3 is 0 Å². The molecule has 82 valence electrons. The van der Waals surface area contributed by atoms with E-state index < -0.39 is 0 Å². The molecule has 1 N–H and O–H groups in total. The third-order valence-corrected chi connectivity index (χ3v) is 3.61. The van der Waals surface area contributed by atoms with Gasteiger partial charge in [0.25, 0.3) is 0 Å². The van der Waals surface area contributed by atoms with Crippen LogP contribution in [-0.2, 0) is 0 Å². The van der Waals surface area contributed by atoms with Gasteiger partial charge in [0, 0.05) is 19.0 Å². The van der Waals surface area contributed by atoms with Gasteiger partial charge in [-0.2, -0.15) is 0 Å². The Bertz CT molecular complexity index is 185. The lowest BCUT2D eigenvalue weighted by Crippen LogP contribution is -2.34. The zero-order valence-electron chi connectivity index (χ0n) is 9.84. The van der Waals surface area contributed by atoms with Crippen molar-refractivity contribution in [1.82, 2.24) is 4.90 Å². The van der Waals surface area contributed by atoms with Crippen molar-refractivity contribution in [3.63, 3.8) is 0 Å². The lowest BCUT2D eigenvalue weighted by atomic mass is 10.0. The molecule has 0 radical (unpaired) electrons. The Hall–Kier alpha value is -0.530. The van der Waals surface area contributed by atoms with Crippen molar-refractivity contribution in [1.29, 1.82) is 5.41 Å². The molecule has 1 aliphatic rings. The summed E-state index contributed by atoms with van der Waals surface area (Å²) in [5, 5.41) is 8.13. The predicted octanol–water partition coefficient (Wildman–Crippen LogP) is 3.13. The van der Waals surface area contributed by atoms with E-state index in [9.17, 15) is 0 Å². The number of hydrogen-bond donors (Lipinski definition) is 1. The predicted molar refractivity (Wildman–Crippen MR) is 61.8 cm³/mol. The van der Waals surface area contributed by atoms with Crippen LogP contribution in [-0.4, -0.2) is 23.8 Å². The van der Waals surface area contributed by atoms with Crippen LogP contribution in [0.15, 0.2) is 0 Å². The molecule has 2 nitrogen and oxygen atoms in total. The van der Waals surface area contributed by atoms with E-state index >= 15 is 0 Å².